The summed E-state index contributed by atoms with van der Waals surface area (Å²) in [6.07, 6.45) is 0. The van der Waals surface area contributed by atoms with Crippen LogP contribution in [0.3, 0.4) is 0 Å². The molecular formula is C17H23ClN4O. The van der Waals surface area contributed by atoms with Gasteiger partial charge in [0.1, 0.15) is 12.4 Å². The van der Waals surface area contributed by atoms with Crippen molar-refractivity contribution in [3.8, 4) is 0 Å². The van der Waals surface area contributed by atoms with Gasteiger partial charge in [-0.1, -0.05) is 30.3 Å². The monoisotopic (exact) mass is 334 g/mol. The molecular weight excluding hydrogens is 312 g/mol. The molecule has 6 heteroatoms. The fourth-order valence-electron chi connectivity index (χ4n) is 2.32. The van der Waals surface area contributed by atoms with Crippen LogP contribution in [0.5, 0.6) is 0 Å². The second kappa shape index (κ2) is 8.60. The number of amides is 1. The van der Waals surface area contributed by atoms with Crippen molar-refractivity contribution < 1.29 is 22.1 Å². The molecule has 0 fully saturated rings. The Balaban J connectivity index is 0.00000264. The van der Waals surface area contributed by atoms with Gasteiger partial charge < -0.3 is 17.3 Å². The van der Waals surface area contributed by atoms with Crippen molar-refractivity contribution in [3.63, 3.8) is 0 Å². The highest BCUT2D eigenvalue weighted by Crippen LogP contribution is 2.03. The van der Waals surface area contributed by atoms with Gasteiger partial charge in [0.05, 0.1) is 0 Å². The quantitative estimate of drug-likeness (QED) is 0.682. The first kappa shape index (κ1) is 19.1. The molecule has 0 aliphatic rings. The van der Waals surface area contributed by atoms with Crippen LogP contribution in [0, 0.1) is 13.8 Å². The van der Waals surface area contributed by atoms with E-state index in [1.165, 1.54) is 5.56 Å². The normalized spacial score (nSPS) is 11.5. The number of hydrogen-bond donors (Lipinski definition) is 1. The highest BCUT2D eigenvalue weighted by Gasteiger charge is 2.21. The molecule has 1 atom stereocenters. The van der Waals surface area contributed by atoms with Crippen molar-refractivity contribution in [2.75, 3.05) is 20.6 Å². The molecule has 124 valence electrons. The van der Waals surface area contributed by atoms with Crippen molar-refractivity contribution in [2.24, 2.45) is 0 Å². The van der Waals surface area contributed by atoms with Gasteiger partial charge in [-0.15, -0.1) is 0 Å². The lowest BCUT2D eigenvalue weighted by atomic mass is 10.2. The lowest BCUT2D eigenvalue weighted by molar-refractivity contribution is -0.841. The molecule has 0 aliphatic heterocycles. The minimum absolute atomic E-state index is 0. The highest BCUT2D eigenvalue weighted by atomic mass is 35.5. The molecule has 1 aromatic heterocycles. The van der Waals surface area contributed by atoms with E-state index in [0.717, 1.165) is 28.8 Å². The lowest BCUT2D eigenvalue weighted by Gasteiger charge is -2.20. The van der Waals surface area contributed by atoms with Crippen LogP contribution in [-0.4, -0.2) is 41.4 Å². The van der Waals surface area contributed by atoms with Crippen LogP contribution < -0.4 is 17.3 Å². The summed E-state index contributed by atoms with van der Waals surface area (Å²) in [7, 11) is 3.55. The molecule has 0 aliphatic carbocycles. The number of benzene rings is 1. The van der Waals surface area contributed by atoms with Gasteiger partial charge in [-0.3, -0.25) is 9.69 Å². The smallest absolute Gasteiger partial charge is 0.277 e. The summed E-state index contributed by atoms with van der Waals surface area (Å²) in [5.41, 5.74) is 2.10. The molecule has 0 saturated carbocycles. The zero-order valence-corrected chi connectivity index (χ0v) is 14.8. The van der Waals surface area contributed by atoms with Gasteiger partial charge in [0, 0.05) is 31.4 Å². The Kier molecular flexibility index (Phi) is 7.13. The zero-order valence-electron chi connectivity index (χ0n) is 14.0. The number of likely N-dealkylation sites (N-methyl/N-ethyl adjacent to an activating group) is 1. The molecule has 5 nitrogen and oxygen atoms in total. The number of carbonyl (C=O) groups excluding carboxylic acids is 1. The molecule has 1 amide bonds. The SMILES string of the molecule is Cc1cc([NH+](CC(=O)N(C)C)Cc2ccccc2)nc(C)n1.[Cl-]. The standard InChI is InChI=1S/C17H22N4O.ClH/c1-13-10-16(19-14(2)18-13)21(12-17(22)20(3)4)11-15-8-6-5-7-9-15;/h5-10H,11-12H2,1-4H3;1H. The van der Waals surface area contributed by atoms with E-state index in [1.54, 1.807) is 19.0 Å². The minimum Gasteiger partial charge on any atom is -1.00 e. The Morgan fingerprint density at radius 1 is 1.13 bits per heavy atom. The average Bonchev–Trinajstić information content (AvgIpc) is 2.46. The zero-order chi connectivity index (χ0) is 16.1. The third kappa shape index (κ3) is 5.62. The van der Waals surface area contributed by atoms with Gasteiger partial charge in [-0.2, -0.15) is 4.98 Å². The molecule has 0 radical (unpaired) electrons. The maximum absolute atomic E-state index is 12.1. The molecule has 2 rings (SSSR count). The summed E-state index contributed by atoms with van der Waals surface area (Å²) in [4.78, 5) is 23.6. The Morgan fingerprint density at radius 2 is 1.78 bits per heavy atom. The van der Waals surface area contributed by atoms with Crippen molar-refractivity contribution in [1.82, 2.24) is 14.9 Å². The van der Waals surface area contributed by atoms with E-state index in [2.05, 4.69) is 22.1 Å². The summed E-state index contributed by atoms with van der Waals surface area (Å²) in [6, 6.07) is 12.1. The van der Waals surface area contributed by atoms with Crippen LogP contribution in [0.2, 0.25) is 0 Å². The fourth-order valence-corrected chi connectivity index (χ4v) is 2.32. The van der Waals surface area contributed by atoms with Crippen LogP contribution in [-0.2, 0) is 11.3 Å². The Morgan fingerprint density at radius 3 is 2.35 bits per heavy atom. The number of aromatic nitrogens is 2. The van der Waals surface area contributed by atoms with Crippen molar-refractivity contribution >= 4 is 11.7 Å². The predicted octanol–water partition coefficient (Wildman–Crippen LogP) is -2.10. The van der Waals surface area contributed by atoms with Crippen LogP contribution in [0.25, 0.3) is 0 Å². The van der Waals surface area contributed by atoms with Crippen LogP contribution in [0.4, 0.5) is 5.82 Å². The summed E-state index contributed by atoms with van der Waals surface area (Å²) in [5.74, 6) is 1.68. The number of hydrogen-bond acceptors (Lipinski definition) is 3. The summed E-state index contributed by atoms with van der Waals surface area (Å²) < 4.78 is 0. The van der Waals surface area contributed by atoms with E-state index in [1.807, 2.05) is 38.1 Å². The minimum atomic E-state index is 0. The number of halogens is 1. The van der Waals surface area contributed by atoms with Gasteiger partial charge in [0.25, 0.3) is 5.91 Å². The predicted molar refractivity (Wildman–Crippen MR) is 85.8 cm³/mol. The first-order valence-corrected chi connectivity index (χ1v) is 7.37. The molecule has 2 aromatic rings. The largest absolute Gasteiger partial charge is 1.00 e. The Hall–Kier alpha value is -1.98. The third-order valence-electron chi connectivity index (χ3n) is 3.45. The summed E-state index contributed by atoms with van der Waals surface area (Å²) >= 11 is 0. The molecule has 1 aromatic carbocycles. The number of aryl methyl sites for hydroxylation is 2. The fraction of sp³-hybridized carbons (Fsp3) is 0.353. The maximum atomic E-state index is 12.1. The number of quaternary nitrogens is 1. The van der Waals surface area contributed by atoms with E-state index in [0.29, 0.717) is 6.54 Å². The van der Waals surface area contributed by atoms with E-state index in [9.17, 15) is 4.79 Å². The van der Waals surface area contributed by atoms with E-state index in [-0.39, 0.29) is 18.3 Å². The lowest BCUT2D eigenvalue weighted by Crippen LogP contribution is -3.07. The van der Waals surface area contributed by atoms with E-state index >= 15 is 0 Å². The van der Waals surface area contributed by atoms with Crippen molar-refractivity contribution in [2.45, 2.75) is 20.4 Å². The van der Waals surface area contributed by atoms with Gasteiger partial charge >= 0.3 is 0 Å². The average molecular weight is 335 g/mol. The molecule has 1 unspecified atom stereocenters. The number of nitrogens with zero attached hydrogens (tertiary/aromatic N) is 3. The van der Waals surface area contributed by atoms with Gasteiger partial charge in [0.15, 0.2) is 6.54 Å². The van der Waals surface area contributed by atoms with Gasteiger partial charge in [-0.05, 0) is 13.8 Å². The topological polar surface area (TPSA) is 50.5 Å². The summed E-state index contributed by atoms with van der Waals surface area (Å²) in [6.45, 7) is 4.92. The number of rotatable bonds is 5. The maximum Gasteiger partial charge on any atom is 0.277 e. The first-order valence-electron chi connectivity index (χ1n) is 7.37. The van der Waals surface area contributed by atoms with Crippen LogP contribution >= 0.6 is 0 Å². The Bertz CT molecular complexity index is 626. The third-order valence-corrected chi connectivity index (χ3v) is 3.45. The molecule has 0 spiro atoms. The number of carbonyl (C=O) groups is 1. The molecule has 23 heavy (non-hydrogen) atoms. The van der Waals surface area contributed by atoms with E-state index in [4.69, 9.17) is 0 Å². The van der Waals surface area contributed by atoms with Crippen LogP contribution in [0.15, 0.2) is 36.4 Å². The molecule has 0 bridgehead atoms. The highest BCUT2D eigenvalue weighted by molar-refractivity contribution is 5.76. The second-order valence-corrected chi connectivity index (χ2v) is 5.67. The summed E-state index contributed by atoms with van der Waals surface area (Å²) in [5, 5.41) is 0. The molecule has 0 saturated heterocycles. The van der Waals surface area contributed by atoms with Crippen LogP contribution in [0.1, 0.15) is 17.1 Å². The van der Waals surface area contributed by atoms with E-state index < -0.39 is 0 Å². The first-order chi connectivity index (χ1) is 10.5. The van der Waals surface area contributed by atoms with Gasteiger partial charge in [0.2, 0.25) is 5.82 Å². The van der Waals surface area contributed by atoms with Crippen molar-refractivity contribution in [1.29, 1.82) is 0 Å². The number of nitrogens with one attached hydrogen (secondary N) is 1. The molecule has 1 heterocycles. The van der Waals surface area contributed by atoms with Crippen molar-refractivity contribution in [3.05, 3.63) is 53.5 Å². The molecule has 1 N–H and O–H groups in total. The van der Waals surface area contributed by atoms with Gasteiger partial charge in [-0.25, -0.2) is 4.98 Å². The Labute approximate surface area is 143 Å². The second-order valence-electron chi connectivity index (χ2n) is 5.67.